The van der Waals surface area contributed by atoms with Gasteiger partial charge in [-0.1, -0.05) is 13.0 Å². The standard InChI is InChI=1S/C13H19N3S/c1-3-11(14)8-17-9-12-7-16-6-10(2)4-5-13(16)15-12/h4-7,11H,3,8-9,14H2,1-2H3. The van der Waals surface area contributed by atoms with Crippen LogP contribution in [0.3, 0.4) is 0 Å². The highest BCUT2D eigenvalue weighted by Gasteiger charge is 2.03. The average molecular weight is 249 g/mol. The van der Waals surface area contributed by atoms with Crippen LogP contribution >= 0.6 is 11.8 Å². The van der Waals surface area contributed by atoms with Crippen LogP contribution in [0, 0.1) is 6.92 Å². The van der Waals surface area contributed by atoms with Crippen LogP contribution in [0.1, 0.15) is 24.6 Å². The molecule has 0 aliphatic rings. The molecule has 2 aromatic heterocycles. The summed E-state index contributed by atoms with van der Waals surface area (Å²) in [6.07, 6.45) is 5.25. The third-order valence-electron chi connectivity index (χ3n) is 2.76. The topological polar surface area (TPSA) is 43.3 Å². The molecule has 2 N–H and O–H groups in total. The number of pyridine rings is 1. The number of thioether (sulfide) groups is 1. The lowest BCUT2D eigenvalue weighted by Gasteiger charge is -2.06. The Hall–Kier alpha value is -1.00. The van der Waals surface area contributed by atoms with Crippen molar-refractivity contribution in [1.29, 1.82) is 0 Å². The average Bonchev–Trinajstić information content (AvgIpc) is 2.70. The molecule has 0 saturated heterocycles. The lowest BCUT2D eigenvalue weighted by molar-refractivity contribution is 0.724. The summed E-state index contributed by atoms with van der Waals surface area (Å²) in [6, 6.07) is 4.45. The fraction of sp³-hybridized carbons (Fsp3) is 0.462. The summed E-state index contributed by atoms with van der Waals surface area (Å²) < 4.78 is 2.09. The zero-order valence-electron chi connectivity index (χ0n) is 10.4. The molecule has 1 atom stereocenters. The van der Waals surface area contributed by atoms with E-state index >= 15 is 0 Å². The molecule has 0 saturated carbocycles. The Morgan fingerprint density at radius 2 is 2.24 bits per heavy atom. The van der Waals surface area contributed by atoms with Gasteiger partial charge in [0.2, 0.25) is 0 Å². The fourth-order valence-electron chi connectivity index (χ4n) is 1.66. The predicted molar refractivity (Wildman–Crippen MR) is 74.4 cm³/mol. The first-order valence-corrected chi connectivity index (χ1v) is 7.12. The van der Waals surface area contributed by atoms with E-state index in [2.05, 4.69) is 47.8 Å². The van der Waals surface area contributed by atoms with Gasteiger partial charge in [-0.15, -0.1) is 0 Å². The number of hydrogen-bond donors (Lipinski definition) is 1. The van der Waals surface area contributed by atoms with Gasteiger partial charge in [-0.2, -0.15) is 11.8 Å². The summed E-state index contributed by atoms with van der Waals surface area (Å²) in [5.41, 5.74) is 9.29. The molecule has 3 nitrogen and oxygen atoms in total. The molecule has 1 unspecified atom stereocenters. The first kappa shape index (κ1) is 12.5. The first-order valence-electron chi connectivity index (χ1n) is 5.96. The molecule has 0 radical (unpaired) electrons. The fourth-order valence-corrected chi connectivity index (χ4v) is 2.66. The summed E-state index contributed by atoms with van der Waals surface area (Å²) in [7, 11) is 0. The van der Waals surface area contributed by atoms with Crippen LogP contribution in [0.4, 0.5) is 0 Å². The van der Waals surface area contributed by atoms with E-state index in [-0.39, 0.29) is 0 Å². The summed E-state index contributed by atoms with van der Waals surface area (Å²) in [5.74, 6) is 1.94. The van der Waals surface area contributed by atoms with Crippen LogP contribution < -0.4 is 5.73 Å². The Kier molecular flexibility index (Phi) is 4.07. The normalized spacial score (nSPS) is 13.1. The van der Waals surface area contributed by atoms with Crippen LogP contribution in [-0.4, -0.2) is 21.2 Å². The van der Waals surface area contributed by atoms with Crippen molar-refractivity contribution in [3.8, 4) is 0 Å². The summed E-state index contributed by atoms with van der Waals surface area (Å²) in [4.78, 5) is 4.58. The van der Waals surface area contributed by atoms with Crippen LogP contribution in [0.15, 0.2) is 24.5 Å². The van der Waals surface area contributed by atoms with Gasteiger partial charge in [-0.25, -0.2) is 4.98 Å². The monoisotopic (exact) mass is 249 g/mol. The van der Waals surface area contributed by atoms with Gasteiger partial charge in [0.25, 0.3) is 0 Å². The minimum absolute atomic E-state index is 0.305. The molecule has 2 heterocycles. The molecule has 0 spiro atoms. The van der Waals surface area contributed by atoms with Crippen LogP contribution in [0.25, 0.3) is 5.65 Å². The smallest absolute Gasteiger partial charge is 0.137 e. The quantitative estimate of drug-likeness (QED) is 0.886. The summed E-state index contributed by atoms with van der Waals surface area (Å²) in [6.45, 7) is 4.22. The van der Waals surface area contributed by atoms with Crippen molar-refractivity contribution in [2.24, 2.45) is 5.73 Å². The SMILES string of the molecule is CCC(N)CSCc1cn2cc(C)ccc2n1. The molecule has 0 bridgehead atoms. The number of nitrogens with zero attached hydrogens (tertiary/aromatic N) is 2. The summed E-state index contributed by atoms with van der Waals surface area (Å²) >= 11 is 1.86. The molecule has 0 aliphatic carbocycles. The van der Waals surface area contributed by atoms with E-state index in [4.69, 9.17) is 5.73 Å². The van der Waals surface area contributed by atoms with Gasteiger partial charge >= 0.3 is 0 Å². The molecule has 0 aromatic carbocycles. The van der Waals surface area contributed by atoms with Crippen molar-refractivity contribution in [2.45, 2.75) is 32.1 Å². The van der Waals surface area contributed by atoms with Gasteiger partial charge < -0.3 is 10.1 Å². The van der Waals surface area contributed by atoms with Crippen molar-refractivity contribution < 1.29 is 0 Å². The molecule has 4 heteroatoms. The largest absolute Gasteiger partial charge is 0.327 e. The van der Waals surface area contributed by atoms with E-state index < -0.39 is 0 Å². The summed E-state index contributed by atoms with van der Waals surface area (Å²) in [5, 5.41) is 0. The van der Waals surface area contributed by atoms with E-state index in [1.54, 1.807) is 0 Å². The number of nitrogens with two attached hydrogens (primary N) is 1. The molecule has 2 rings (SSSR count). The van der Waals surface area contributed by atoms with E-state index in [0.717, 1.165) is 29.3 Å². The molecular weight excluding hydrogens is 230 g/mol. The number of hydrogen-bond acceptors (Lipinski definition) is 3. The number of fused-ring (bicyclic) bond motifs is 1. The molecule has 0 aliphatic heterocycles. The lowest BCUT2D eigenvalue weighted by Crippen LogP contribution is -2.21. The third kappa shape index (κ3) is 3.23. The minimum atomic E-state index is 0.305. The van der Waals surface area contributed by atoms with Crippen molar-refractivity contribution >= 4 is 17.4 Å². The van der Waals surface area contributed by atoms with Gasteiger partial charge in [-0.05, 0) is 25.0 Å². The molecule has 92 valence electrons. The molecule has 17 heavy (non-hydrogen) atoms. The predicted octanol–water partition coefficient (Wildman–Crippen LogP) is 2.61. The zero-order valence-corrected chi connectivity index (χ0v) is 11.2. The first-order chi connectivity index (χ1) is 8.19. The zero-order chi connectivity index (χ0) is 12.3. The van der Waals surface area contributed by atoms with Gasteiger partial charge in [0, 0.05) is 29.9 Å². The Morgan fingerprint density at radius 1 is 1.41 bits per heavy atom. The van der Waals surface area contributed by atoms with Gasteiger partial charge in [0.05, 0.1) is 5.69 Å². The third-order valence-corrected chi connectivity index (χ3v) is 3.92. The molecule has 2 aromatic rings. The van der Waals surface area contributed by atoms with Gasteiger partial charge in [0.15, 0.2) is 0 Å². The van der Waals surface area contributed by atoms with Crippen molar-refractivity contribution in [3.05, 3.63) is 35.8 Å². The van der Waals surface area contributed by atoms with Crippen molar-refractivity contribution in [2.75, 3.05) is 5.75 Å². The Balaban J connectivity index is 1.99. The Bertz CT molecular complexity index is 492. The Labute approximate surface area is 106 Å². The van der Waals surface area contributed by atoms with E-state index in [0.29, 0.717) is 6.04 Å². The highest BCUT2D eigenvalue weighted by molar-refractivity contribution is 7.98. The number of rotatable bonds is 5. The second kappa shape index (κ2) is 5.56. The van der Waals surface area contributed by atoms with E-state index in [1.807, 2.05) is 11.8 Å². The molecular formula is C13H19N3S. The van der Waals surface area contributed by atoms with Crippen LogP contribution in [-0.2, 0) is 5.75 Å². The van der Waals surface area contributed by atoms with Crippen LogP contribution in [0.2, 0.25) is 0 Å². The number of aromatic nitrogens is 2. The number of imidazole rings is 1. The van der Waals surface area contributed by atoms with Crippen LogP contribution in [0.5, 0.6) is 0 Å². The van der Waals surface area contributed by atoms with Crippen molar-refractivity contribution in [1.82, 2.24) is 9.38 Å². The lowest BCUT2D eigenvalue weighted by atomic mass is 10.3. The maximum absolute atomic E-state index is 5.89. The minimum Gasteiger partial charge on any atom is -0.327 e. The second-order valence-electron chi connectivity index (χ2n) is 4.39. The highest BCUT2D eigenvalue weighted by Crippen LogP contribution is 2.14. The maximum Gasteiger partial charge on any atom is 0.137 e. The van der Waals surface area contributed by atoms with Gasteiger partial charge in [0.1, 0.15) is 5.65 Å². The van der Waals surface area contributed by atoms with E-state index in [1.165, 1.54) is 5.56 Å². The highest BCUT2D eigenvalue weighted by atomic mass is 32.2. The molecule has 0 amide bonds. The van der Waals surface area contributed by atoms with Crippen molar-refractivity contribution in [3.63, 3.8) is 0 Å². The number of aryl methyl sites for hydroxylation is 1. The Morgan fingerprint density at radius 3 is 3.00 bits per heavy atom. The van der Waals surface area contributed by atoms with Gasteiger partial charge in [-0.3, -0.25) is 0 Å². The second-order valence-corrected chi connectivity index (χ2v) is 5.42. The molecule has 0 fully saturated rings. The van der Waals surface area contributed by atoms with E-state index in [9.17, 15) is 0 Å². The maximum atomic E-state index is 5.89.